The van der Waals surface area contributed by atoms with E-state index in [-0.39, 0.29) is 10.8 Å². The summed E-state index contributed by atoms with van der Waals surface area (Å²) in [5, 5.41) is 2.87. The second-order valence-corrected chi connectivity index (χ2v) is 7.31. The summed E-state index contributed by atoms with van der Waals surface area (Å²) in [5.74, 6) is 0.480. The van der Waals surface area contributed by atoms with Gasteiger partial charge in [0.1, 0.15) is 5.75 Å². The largest absolute Gasteiger partial charge is 0.481 e. The highest BCUT2D eigenvalue weighted by molar-refractivity contribution is 7.16. The lowest BCUT2D eigenvalue weighted by Gasteiger charge is -2.17. The van der Waals surface area contributed by atoms with E-state index in [9.17, 15) is 9.59 Å². The summed E-state index contributed by atoms with van der Waals surface area (Å²) >= 11 is 1.18. The Bertz CT molecular complexity index is 1020. The van der Waals surface area contributed by atoms with Crippen LogP contribution in [-0.2, 0) is 11.3 Å². The average molecular weight is 370 g/mol. The molecule has 1 heterocycles. The number of nitrogens with zero attached hydrogens (tertiary/aromatic N) is 1. The maximum Gasteiger partial charge on any atom is 0.308 e. The van der Waals surface area contributed by atoms with Crippen LogP contribution in [0.5, 0.6) is 5.75 Å². The van der Waals surface area contributed by atoms with Crippen LogP contribution in [0.2, 0.25) is 0 Å². The third kappa shape index (κ3) is 3.65. The molecule has 5 nitrogen and oxygen atoms in total. The van der Waals surface area contributed by atoms with Crippen molar-refractivity contribution in [2.75, 3.05) is 5.32 Å². The zero-order valence-electron chi connectivity index (χ0n) is 15.3. The minimum absolute atomic E-state index is 0.0117. The third-order valence-corrected chi connectivity index (χ3v) is 5.21. The number of thiazole rings is 1. The standard InChI is InChI=1S/C20H22N2O3S/c1-5-22-16-9-8-15(11-18(16)26-20(22)24)21-19(23)14(4)25-17-10-12(2)6-7-13(17)3/h6-11,14H,5H2,1-4H3,(H,21,23)/t14-/m0/s1. The Morgan fingerprint density at radius 2 is 2.00 bits per heavy atom. The Morgan fingerprint density at radius 1 is 1.23 bits per heavy atom. The molecule has 1 amide bonds. The Hall–Kier alpha value is -2.60. The van der Waals surface area contributed by atoms with Crippen LogP contribution in [0.25, 0.3) is 10.2 Å². The predicted octanol–water partition coefficient (Wildman–Crippen LogP) is 4.11. The van der Waals surface area contributed by atoms with Crippen molar-refractivity contribution in [2.24, 2.45) is 0 Å². The number of hydrogen-bond donors (Lipinski definition) is 1. The van der Waals surface area contributed by atoms with E-state index in [2.05, 4.69) is 5.32 Å². The highest BCUT2D eigenvalue weighted by Crippen LogP contribution is 2.23. The molecule has 26 heavy (non-hydrogen) atoms. The summed E-state index contributed by atoms with van der Waals surface area (Å²) in [5.41, 5.74) is 3.62. The first-order valence-electron chi connectivity index (χ1n) is 8.57. The molecule has 3 aromatic rings. The first kappa shape index (κ1) is 18.2. The number of rotatable bonds is 5. The lowest BCUT2D eigenvalue weighted by molar-refractivity contribution is -0.122. The second kappa shape index (κ2) is 7.33. The molecule has 3 rings (SSSR count). The SMILES string of the molecule is CCn1c(=O)sc2cc(NC(=O)[C@H](C)Oc3cc(C)ccc3C)ccc21. The van der Waals surface area contributed by atoms with Crippen molar-refractivity contribution < 1.29 is 9.53 Å². The number of amides is 1. The number of nitrogens with one attached hydrogen (secondary N) is 1. The number of aromatic nitrogens is 1. The molecule has 0 aliphatic rings. The molecule has 0 bridgehead atoms. The predicted molar refractivity (Wildman–Crippen MR) is 106 cm³/mol. The summed E-state index contributed by atoms with van der Waals surface area (Å²) in [6, 6.07) is 11.4. The lowest BCUT2D eigenvalue weighted by atomic mass is 10.1. The van der Waals surface area contributed by atoms with Crippen molar-refractivity contribution in [3.05, 3.63) is 57.2 Å². The first-order valence-corrected chi connectivity index (χ1v) is 9.39. The summed E-state index contributed by atoms with van der Waals surface area (Å²) < 4.78 is 8.40. The number of aryl methyl sites for hydroxylation is 3. The summed E-state index contributed by atoms with van der Waals surface area (Å²) in [6.45, 7) is 8.23. The van der Waals surface area contributed by atoms with Crippen LogP contribution in [0.1, 0.15) is 25.0 Å². The smallest absolute Gasteiger partial charge is 0.308 e. The van der Waals surface area contributed by atoms with Gasteiger partial charge in [0.05, 0.1) is 10.2 Å². The van der Waals surface area contributed by atoms with Crippen LogP contribution >= 0.6 is 11.3 Å². The number of benzene rings is 2. The molecule has 1 aromatic heterocycles. The van der Waals surface area contributed by atoms with Gasteiger partial charge in [-0.3, -0.25) is 14.2 Å². The van der Waals surface area contributed by atoms with E-state index >= 15 is 0 Å². The van der Waals surface area contributed by atoms with E-state index < -0.39 is 6.10 Å². The van der Waals surface area contributed by atoms with E-state index in [1.807, 2.05) is 57.2 Å². The molecule has 0 aliphatic heterocycles. The highest BCUT2D eigenvalue weighted by Gasteiger charge is 2.17. The molecule has 6 heteroatoms. The van der Waals surface area contributed by atoms with E-state index in [0.717, 1.165) is 21.3 Å². The molecule has 136 valence electrons. The normalized spacial score (nSPS) is 12.2. The number of anilines is 1. The van der Waals surface area contributed by atoms with Gasteiger partial charge in [-0.05, 0) is 63.1 Å². The molecule has 0 spiro atoms. The van der Waals surface area contributed by atoms with Crippen LogP contribution in [0.15, 0.2) is 41.2 Å². The highest BCUT2D eigenvalue weighted by atomic mass is 32.1. The summed E-state index contributed by atoms with van der Waals surface area (Å²) in [4.78, 5) is 24.4. The van der Waals surface area contributed by atoms with Crippen molar-refractivity contribution in [1.29, 1.82) is 0 Å². The molecular formula is C20H22N2O3S. The maximum absolute atomic E-state index is 12.5. The zero-order chi connectivity index (χ0) is 18.8. The van der Waals surface area contributed by atoms with Gasteiger partial charge in [0.2, 0.25) is 0 Å². The quantitative estimate of drug-likeness (QED) is 0.735. The van der Waals surface area contributed by atoms with E-state index in [1.165, 1.54) is 11.3 Å². The molecule has 0 unspecified atom stereocenters. The molecule has 1 N–H and O–H groups in total. The fraction of sp³-hybridized carbons (Fsp3) is 0.300. The van der Waals surface area contributed by atoms with Gasteiger partial charge in [0.25, 0.3) is 5.91 Å². The van der Waals surface area contributed by atoms with Crippen molar-refractivity contribution in [1.82, 2.24) is 4.57 Å². The zero-order valence-corrected chi connectivity index (χ0v) is 16.1. The van der Waals surface area contributed by atoms with Gasteiger partial charge >= 0.3 is 4.87 Å². The van der Waals surface area contributed by atoms with Crippen LogP contribution in [-0.4, -0.2) is 16.6 Å². The van der Waals surface area contributed by atoms with E-state index in [4.69, 9.17) is 4.74 Å². The van der Waals surface area contributed by atoms with Crippen LogP contribution in [0, 0.1) is 13.8 Å². The third-order valence-electron chi connectivity index (χ3n) is 4.27. The van der Waals surface area contributed by atoms with Gasteiger partial charge in [-0.2, -0.15) is 0 Å². The van der Waals surface area contributed by atoms with Crippen molar-refractivity contribution >= 4 is 33.1 Å². The Kier molecular flexibility index (Phi) is 5.13. The fourth-order valence-electron chi connectivity index (χ4n) is 2.77. The monoisotopic (exact) mass is 370 g/mol. The van der Waals surface area contributed by atoms with Gasteiger partial charge in [-0.15, -0.1) is 0 Å². The van der Waals surface area contributed by atoms with Gasteiger partial charge in [-0.1, -0.05) is 23.5 Å². The Balaban J connectivity index is 1.75. The van der Waals surface area contributed by atoms with Crippen LogP contribution in [0.3, 0.4) is 0 Å². The number of carbonyl (C=O) groups excluding carboxylic acids is 1. The number of fused-ring (bicyclic) bond motifs is 1. The molecule has 0 aliphatic carbocycles. The second-order valence-electron chi connectivity index (χ2n) is 6.31. The molecule has 1 atom stereocenters. The topological polar surface area (TPSA) is 60.3 Å². The van der Waals surface area contributed by atoms with Gasteiger partial charge in [0.15, 0.2) is 6.10 Å². The molecule has 0 saturated carbocycles. The van der Waals surface area contributed by atoms with Crippen LogP contribution in [0.4, 0.5) is 5.69 Å². The van der Waals surface area contributed by atoms with Crippen LogP contribution < -0.4 is 14.9 Å². The summed E-state index contributed by atoms with van der Waals surface area (Å²) in [7, 11) is 0. The summed E-state index contributed by atoms with van der Waals surface area (Å²) in [6.07, 6.45) is -0.634. The van der Waals surface area contributed by atoms with Crippen molar-refractivity contribution in [2.45, 2.75) is 40.3 Å². The van der Waals surface area contributed by atoms with Gasteiger partial charge < -0.3 is 10.1 Å². The van der Waals surface area contributed by atoms with Crippen molar-refractivity contribution in [3.8, 4) is 5.75 Å². The molecule has 0 fully saturated rings. The maximum atomic E-state index is 12.5. The molecule has 0 saturated heterocycles. The molecule has 0 radical (unpaired) electrons. The average Bonchev–Trinajstić information content (AvgIpc) is 2.92. The molecular weight excluding hydrogens is 348 g/mol. The molecule has 2 aromatic carbocycles. The minimum Gasteiger partial charge on any atom is -0.481 e. The van der Waals surface area contributed by atoms with Gasteiger partial charge in [0, 0.05) is 12.2 Å². The van der Waals surface area contributed by atoms with E-state index in [0.29, 0.717) is 18.0 Å². The number of hydrogen-bond acceptors (Lipinski definition) is 4. The van der Waals surface area contributed by atoms with Gasteiger partial charge in [-0.25, -0.2) is 0 Å². The van der Waals surface area contributed by atoms with Crippen molar-refractivity contribution in [3.63, 3.8) is 0 Å². The van der Waals surface area contributed by atoms with E-state index in [1.54, 1.807) is 11.5 Å². The fourth-order valence-corrected chi connectivity index (χ4v) is 3.76. The minimum atomic E-state index is -0.634. The first-order chi connectivity index (χ1) is 12.4. The lowest BCUT2D eigenvalue weighted by Crippen LogP contribution is -2.30. The number of ether oxygens (including phenoxy) is 1. The Morgan fingerprint density at radius 3 is 2.73 bits per heavy atom. The Labute approximate surface area is 156 Å². The number of carbonyl (C=O) groups is 1.